The summed E-state index contributed by atoms with van der Waals surface area (Å²) in [4.78, 5) is 18.8. The summed E-state index contributed by atoms with van der Waals surface area (Å²) in [5.41, 5.74) is 0.741. The van der Waals surface area contributed by atoms with E-state index in [0.717, 1.165) is 4.47 Å². The Labute approximate surface area is 168 Å². The number of aromatic amines is 1. The minimum Gasteiger partial charge on any atom is -0.504 e. The van der Waals surface area contributed by atoms with Gasteiger partial charge in [0.2, 0.25) is 17.4 Å². The molecule has 0 spiro atoms. The van der Waals surface area contributed by atoms with Crippen molar-refractivity contribution in [3.8, 4) is 23.1 Å². The Bertz CT molecular complexity index is 1180. The quantitative estimate of drug-likeness (QED) is 0.532. The molecule has 2 aromatic carbocycles. The maximum Gasteiger partial charge on any atom is 0.258 e. The molecule has 144 valence electrons. The molecule has 0 aliphatic carbocycles. The van der Waals surface area contributed by atoms with E-state index in [4.69, 9.17) is 9.47 Å². The molecule has 0 saturated heterocycles. The first-order valence-corrected chi connectivity index (χ1v) is 9.31. The van der Waals surface area contributed by atoms with E-state index in [2.05, 4.69) is 25.9 Å². The molecular formula is C20H17BrN2O5. The highest BCUT2D eigenvalue weighted by Crippen LogP contribution is 2.46. The number of benzene rings is 2. The molecule has 28 heavy (non-hydrogen) atoms. The van der Waals surface area contributed by atoms with Gasteiger partial charge in [-0.15, -0.1) is 0 Å². The van der Waals surface area contributed by atoms with Gasteiger partial charge in [0, 0.05) is 35.3 Å². The second-order valence-electron chi connectivity index (χ2n) is 6.92. The van der Waals surface area contributed by atoms with Crippen molar-refractivity contribution in [2.45, 2.75) is 26.2 Å². The first kappa shape index (κ1) is 18.4. The van der Waals surface area contributed by atoms with Crippen LogP contribution in [0.2, 0.25) is 0 Å². The molecule has 1 aromatic heterocycles. The Balaban J connectivity index is 1.66. The van der Waals surface area contributed by atoms with Gasteiger partial charge in [0.15, 0.2) is 11.5 Å². The fraction of sp³-hybridized carbons (Fsp3) is 0.200. The molecule has 0 atom stereocenters. The topological polar surface area (TPSA) is 104 Å². The van der Waals surface area contributed by atoms with Crippen LogP contribution in [0.15, 0.2) is 44.6 Å². The third-order valence-electron chi connectivity index (χ3n) is 4.30. The SMILES string of the molecule is CC1(C)Oc2cc(CN=Cc3c(O)[nH]c(=O)c4ccc(Br)cc34)cc(O)c2O1. The summed E-state index contributed by atoms with van der Waals surface area (Å²) in [6.07, 6.45) is 1.49. The lowest BCUT2D eigenvalue weighted by Gasteiger charge is -2.16. The maximum absolute atomic E-state index is 12.0. The normalized spacial score (nSPS) is 14.8. The van der Waals surface area contributed by atoms with Crippen molar-refractivity contribution < 1.29 is 19.7 Å². The molecule has 1 aliphatic rings. The molecule has 3 N–H and O–H groups in total. The van der Waals surface area contributed by atoms with E-state index in [1.165, 1.54) is 6.21 Å². The van der Waals surface area contributed by atoms with Crippen LogP contribution in [-0.2, 0) is 6.54 Å². The lowest BCUT2D eigenvalue weighted by Crippen LogP contribution is -2.29. The fourth-order valence-electron chi connectivity index (χ4n) is 3.12. The standard InChI is InChI=1S/C20H17BrN2O5/c1-20(2)27-16-6-10(5-15(24)17(16)28-20)8-22-9-14-13-7-11(21)3-4-12(13)18(25)23-19(14)26/h3-7,9,24H,8H2,1-2H3,(H2,23,25,26). The van der Waals surface area contributed by atoms with Crippen molar-refractivity contribution in [3.05, 3.63) is 56.3 Å². The molecule has 0 saturated carbocycles. The Morgan fingerprint density at radius 1 is 1.18 bits per heavy atom. The highest BCUT2D eigenvalue weighted by atomic mass is 79.9. The molecule has 0 fully saturated rings. The molecule has 4 rings (SSSR count). The summed E-state index contributed by atoms with van der Waals surface area (Å²) < 4.78 is 12.0. The van der Waals surface area contributed by atoms with Gasteiger partial charge in [-0.2, -0.15) is 0 Å². The van der Waals surface area contributed by atoms with Crippen LogP contribution in [0.25, 0.3) is 10.8 Å². The molecule has 0 amide bonds. The van der Waals surface area contributed by atoms with Gasteiger partial charge in [0.25, 0.3) is 5.56 Å². The largest absolute Gasteiger partial charge is 0.504 e. The van der Waals surface area contributed by atoms with Crippen molar-refractivity contribution in [3.63, 3.8) is 0 Å². The Morgan fingerprint density at radius 2 is 1.96 bits per heavy atom. The number of rotatable bonds is 3. The van der Waals surface area contributed by atoms with Crippen LogP contribution in [0, 0.1) is 0 Å². The summed E-state index contributed by atoms with van der Waals surface area (Å²) in [5, 5.41) is 21.4. The third kappa shape index (κ3) is 3.31. The molecule has 8 heteroatoms. The molecule has 0 radical (unpaired) electrons. The van der Waals surface area contributed by atoms with Crippen LogP contribution in [0.5, 0.6) is 23.1 Å². The second-order valence-corrected chi connectivity index (χ2v) is 7.84. The highest BCUT2D eigenvalue weighted by molar-refractivity contribution is 9.10. The molecule has 1 aliphatic heterocycles. The number of aliphatic imine (C=N–C) groups is 1. The lowest BCUT2D eigenvalue weighted by atomic mass is 10.1. The van der Waals surface area contributed by atoms with Crippen molar-refractivity contribution in [1.29, 1.82) is 0 Å². The van der Waals surface area contributed by atoms with Gasteiger partial charge in [-0.25, -0.2) is 0 Å². The number of phenolic OH excluding ortho intramolecular Hbond substituents is 1. The lowest BCUT2D eigenvalue weighted by molar-refractivity contribution is -0.0439. The van der Waals surface area contributed by atoms with Gasteiger partial charge in [-0.1, -0.05) is 15.9 Å². The van der Waals surface area contributed by atoms with E-state index in [1.54, 1.807) is 44.2 Å². The van der Waals surface area contributed by atoms with Gasteiger partial charge in [-0.05, 0) is 35.9 Å². The Hall–Kier alpha value is -3.00. The monoisotopic (exact) mass is 444 g/mol. The molecule has 3 aromatic rings. The maximum atomic E-state index is 12.0. The predicted molar refractivity (Wildman–Crippen MR) is 109 cm³/mol. The Morgan fingerprint density at radius 3 is 2.75 bits per heavy atom. The van der Waals surface area contributed by atoms with E-state index in [-0.39, 0.29) is 23.7 Å². The van der Waals surface area contributed by atoms with Gasteiger partial charge in [-0.3, -0.25) is 14.8 Å². The van der Waals surface area contributed by atoms with Crippen LogP contribution < -0.4 is 15.0 Å². The third-order valence-corrected chi connectivity index (χ3v) is 4.79. The zero-order chi connectivity index (χ0) is 20.1. The number of nitrogens with zero attached hydrogens (tertiary/aromatic N) is 1. The number of nitrogens with one attached hydrogen (secondary N) is 1. The van der Waals surface area contributed by atoms with Gasteiger partial charge < -0.3 is 19.7 Å². The van der Waals surface area contributed by atoms with Crippen molar-refractivity contribution in [2.75, 3.05) is 0 Å². The second kappa shape index (κ2) is 6.56. The number of aromatic hydroxyl groups is 2. The predicted octanol–water partition coefficient (Wildman–Crippen LogP) is 3.83. The van der Waals surface area contributed by atoms with Gasteiger partial charge >= 0.3 is 0 Å². The smallest absolute Gasteiger partial charge is 0.258 e. The minimum absolute atomic E-state index is 0.0189. The molecule has 0 unspecified atom stereocenters. The van der Waals surface area contributed by atoms with Gasteiger partial charge in [0.05, 0.1) is 12.1 Å². The molecule has 2 heterocycles. The average molecular weight is 445 g/mol. The number of ether oxygens (including phenoxy) is 2. The number of fused-ring (bicyclic) bond motifs is 2. The number of aromatic nitrogens is 1. The number of phenols is 1. The molecule has 0 bridgehead atoms. The molecular weight excluding hydrogens is 428 g/mol. The summed E-state index contributed by atoms with van der Waals surface area (Å²) in [6.45, 7) is 3.75. The van der Waals surface area contributed by atoms with E-state index >= 15 is 0 Å². The number of halogens is 1. The number of hydrogen-bond donors (Lipinski definition) is 3. The van der Waals surface area contributed by atoms with E-state index in [9.17, 15) is 15.0 Å². The highest BCUT2D eigenvalue weighted by Gasteiger charge is 2.34. The van der Waals surface area contributed by atoms with Crippen molar-refractivity contribution >= 4 is 32.9 Å². The number of pyridine rings is 1. The minimum atomic E-state index is -0.838. The van der Waals surface area contributed by atoms with Crippen LogP contribution in [0.1, 0.15) is 25.0 Å². The van der Waals surface area contributed by atoms with Crippen LogP contribution in [-0.4, -0.2) is 27.2 Å². The van der Waals surface area contributed by atoms with Crippen LogP contribution >= 0.6 is 15.9 Å². The number of H-pyrrole nitrogens is 1. The van der Waals surface area contributed by atoms with Crippen LogP contribution in [0.4, 0.5) is 0 Å². The fourth-order valence-corrected chi connectivity index (χ4v) is 3.49. The number of hydrogen-bond acceptors (Lipinski definition) is 6. The van der Waals surface area contributed by atoms with E-state index in [1.807, 2.05) is 0 Å². The first-order chi connectivity index (χ1) is 13.2. The zero-order valence-electron chi connectivity index (χ0n) is 15.1. The summed E-state index contributed by atoms with van der Waals surface area (Å²) >= 11 is 3.37. The summed E-state index contributed by atoms with van der Waals surface area (Å²) in [6, 6.07) is 8.49. The van der Waals surface area contributed by atoms with E-state index in [0.29, 0.717) is 33.4 Å². The van der Waals surface area contributed by atoms with E-state index < -0.39 is 5.79 Å². The first-order valence-electron chi connectivity index (χ1n) is 8.52. The Kier molecular flexibility index (Phi) is 4.30. The van der Waals surface area contributed by atoms with Gasteiger partial charge in [0.1, 0.15) is 0 Å². The van der Waals surface area contributed by atoms with Crippen molar-refractivity contribution in [2.24, 2.45) is 4.99 Å². The summed E-state index contributed by atoms with van der Waals surface area (Å²) in [5.74, 6) is -0.345. The molecule has 7 nitrogen and oxygen atoms in total. The summed E-state index contributed by atoms with van der Waals surface area (Å²) in [7, 11) is 0. The van der Waals surface area contributed by atoms with Crippen molar-refractivity contribution in [1.82, 2.24) is 4.98 Å². The zero-order valence-corrected chi connectivity index (χ0v) is 16.7. The average Bonchev–Trinajstić information content (AvgIpc) is 2.92. The van der Waals surface area contributed by atoms with Crippen LogP contribution in [0.3, 0.4) is 0 Å².